The van der Waals surface area contributed by atoms with E-state index in [2.05, 4.69) is 29.4 Å². The number of ether oxygens (including phenoxy) is 1. The van der Waals surface area contributed by atoms with Crippen LogP contribution in [-0.2, 0) is 13.7 Å². The maximum absolute atomic E-state index is 12.6. The van der Waals surface area contributed by atoms with Gasteiger partial charge >= 0.3 is 0 Å². The smallest absolute Gasteiger partial charge is 0.253 e. The SMILES string of the molecule is C[C@@H]1C[C@@H](C)CN(C(=O)c2ccc(OCc3nnnn3C)cc2)C1. The van der Waals surface area contributed by atoms with Crippen LogP contribution in [0.3, 0.4) is 0 Å². The van der Waals surface area contributed by atoms with Gasteiger partial charge < -0.3 is 9.64 Å². The molecule has 7 nitrogen and oxygen atoms in total. The van der Waals surface area contributed by atoms with Crippen molar-refractivity contribution in [3.8, 4) is 5.75 Å². The predicted molar refractivity (Wildman–Crippen MR) is 88.4 cm³/mol. The molecule has 1 aromatic heterocycles. The van der Waals surface area contributed by atoms with Gasteiger partial charge in [0.25, 0.3) is 5.91 Å². The van der Waals surface area contributed by atoms with Gasteiger partial charge in [0.05, 0.1) is 0 Å². The zero-order valence-corrected chi connectivity index (χ0v) is 14.3. The van der Waals surface area contributed by atoms with Gasteiger partial charge in [-0.1, -0.05) is 13.8 Å². The number of benzene rings is 1. The molecule has 2 heterocycles. The molecule has 0 bridgehead atoms. The summed E-state index contributed by atoms with van der Waals surface area (Å²) in [5.41, 5.74) is 0.698. The number of hydrogen-bond donors (Lipinski definition) is 0. The molecule has 0 aliphatic carbocycles. The molecule has 0 N–H and O–H groups in total. The zero-order chi connectivity index (χ0) is 17.1. The van der Waals surface area contributed by atoms with Crippen molar-refractivity contribution in [2.24, 2.45) is 18.9 Å². The normalized spacial score (nSPS) is 20.9. The van der Waals surface area contributed by atoms with Gasteiger partial charge in [-0.2, -0.15) is 0 Å². The molecular weight excluding hydrogens is 306 g/mol. The van der Waals surface area contributed by atoms with Gasteiger partial charge in [-0.15, -0.1) is 5.10 Å². The lowest BCUT2D eigenvalue weighted by Gasteiger charge is -2.35. The molecular formula is C17H23N5O2. The number of likely N-dealkylation sites (tertiary alicyclic amines) is 1. The first-order valence-corrected chi connectivity index (χ1v) is 8.26. The van der Waals surface area contributed by atoms with Crippen molar-refractivity contribution in [2.75, 3.05) is 13.1 Å². The maximum atomic E-state index is 12.6. The Balaban J connectivity index is 1.61. The van der Waals surface area contributed by atoms with Crippen molar-refractivity contribution in [3.63, 3.8) is 0 Å². The third-order valence-corrected chi connectivity index (χ3v) is 4.33. The van der Waals surface area contributed by atoms with Crippen LogP contribution in [0.5, 0.6) is 5.75 Å². The van der Waals surface area contributed by atoms with Crippen molar-refractivity contribution in [2.45, 2.75) is 26.9 Å². The van der Waals surface area contributed by atoms with Crippen molar-refractivity contribution in [3.05, 3.63) is 35.7 Å². The average Bonchev–Trinajstić information content (AvgIpc) is 2.97. The van der Waals surface area contributed by atoms with E-state index < -0.39 is 0 Å². The number of tetrazole rings is 1. The number of rotatable bonds is 4. The Kier molecular flexibility index (Phi) is 4.78. The van der Waals surface area contributed by atoms with Crippen LogP contribution in [0.1, 0.15) is 36.5 Å². The van der Waals surface area contributed by atoms with Gasteiger partial charge in [-0.3, -0.25) is 4.79 Å². The Morgan fingerprint density at radius 3 is 2.46 bits per heavy atom. The van der Waals surface area contributed by atoms with Crippen LogP contribution in [0.4, 0.5) is 0 Å². The summed E-state index contributed by atoms with van der Waals surface area (Å²) >= 11 is 0. The predicted octanol–water partition coefficient (Wildman–Crippen LogP) is 1.91. The third-order valence-electron chi connectivity index (χ3n) is 4.33. The van der Waals surface area contributed by atoms with Crippen LogP contribution in [0.2, 0.25) is 0 Å². The molecule has 0 saturated carbocycles. The fraction of sp³-hybridized carbons (Fsp3) is 0.529. The lowest BCUT2D eigenvalue weighted by Crippen LogP contribution is -2.42. The van der Waals surface area contributed by atoms with Crippen molar-refractivity contribution < 1.29 is 9.53 Å². The van der Waals surface area contributed by atoms with Crippen LogP contribution >= 0.6 is 0 Å². The molecule has 24 heavy (non-hydrogen) atoms. The minimum absolute atomic E-state index is 0.0949. The summed E-state index contributed by atoms with van der Waals surface area (Å²) in [5.74, 6) is 2.54. The highest BCUT2D eigenvalue weighted by atomic mass is 16.5. The number of carbonyl (C=O) groups is 1. The monoisotopic (exact) mass is 329 g/mol. The Morgan fingerprint density at radius 1 is 1.21 bits per heavy atom. The second kappa shape index (κ2) is 6.98. The Labute approximate surface area is 141 Å². The third kappa shape index (κ3) is 3.72. The van der Waals surface area contributed by atoms with E-state index in [1.54, 1.807) is 11.7 Å². The van der Waals surface area contributed by atoms with E-state index in [1.807, 2.05) is 29.2 Å². The lowest BCUT2D eigenvalue weighted by atomic mass is 9.91. The fourth-order valence-electron chi connectivity index (χ4n) is 3.22. The number of aromatic nitrogens is 4. The first-order chi connectivity index (χ1) is 11.5. The van der Waals surface area contributed by atoms with Crippen LogP contribution in [0.15, 0.2) is 24.3 Å². The molecule has 2 aromatic rings. The number of piperidine rings is 1. The molecule has 128 valence electrons. The largest absolute Gasteiger partial charge is 0.486 e. The summed E-state index contributed by atoms with van der Waals surface area (Å²) in [7, 11) is 1.76. The number of amides is 1. The van der Waals surface area contributed by atoms with Crippen LogP contribution in [0, 0.1) is 11.8 Å². The standard InChI is InChI=1S/C17H23N5O2/c1-12-8-13(2)10-22(9-12)17(23)14-4-6-15(7-5-14)24-11-16-18-19-20-21(16)3/h4-7,12-13H,8-11H2,1-3H3/t12-,13-/m1/s1. The highest BCUT2D eigenvalue weighted by Crippen LogP contribution is 2.23. The van der Waals surface area contributed by atoms with E-state index in [-0.39, 0.29) is 12.5 Å². The summed E-state index contributed by atoms with van der Waals surface area (Å²) in [6.45, 7) is 6.36. The molecule has 0 spiro atoms. The molecule has 0 unspecified atom stereocenters. The van der Waals surface area contributed by atoms with E-state index in [9.17, 15) is 4.79 Å². The Bertz CT molecular complexity index is 687. The number of aryl methyl sites for hydroxylation is 1. The van der Waals surface area contributed by atoms with E-state index in [1.165, 1.54) is 6.42 Å². The van der Waals surface area contributed by atoms with Crippen LogP contribution in [-0.4, -0.2) is 44.1 Å². The fourth-order valence-corrected chi connectivity index (χ4v) is 3.22. The van der Waals surface area contributed by atoms with Gasteiger partial charge in [-0.05, 0) is 52.9 Å². The lowest BCUT2D eigenvalue weighted by molar-refractivity contribution is 0.0623. The molecule has 0 radical (unpaired) electrons. The summed E-state index contributed by atoms with van der Waals surface area (Å²) < 4.78 is 7.22. The highest BCUT2D eigenvalue weighted by molar-refractivity contribution is 5.94. The molecule has 7 heteroatoms. The molecule has 1 aromatic carbocycles. The van der Waals surface area contributed by atoms with Gasteiger partial charge in [0, 0.05) is 25.7 Å². The quantitative estimate of drug-likeness (QED) is 0.857. The van der Waals surface area contributed by atoms with E-state index in [4.69, 9.17) is 4.74 Å². The van der Waals surface area contributed by atoms with Crippen LogP contribution < -0.4 is 4.74 Å². The topological polar surface area (TPSA) is 73.1 Å². The minimum atomic E-state index is 0.0949. The summed E-state index contributed by atoms with van der Waals surface area (Å²) in [6.07, 6.45) is 1.19. The molecule has 1 aliphatic heterocycles. The first kappa shape index (κ1) is 16.4. The first-order valence-electron chi connectivity index (χ1n) is 8.26. The van der Waals surface area contributed by atoms with E-state index >= 15 is 0 Å². The number of carbonyl (C=O) groups excluding carboxylic acids is 1. The molecule has 1 saturated heterocycles. The van der Waals surface area contributed by atoms with Crippen molar-refractivity contribution in [1.29, 1.82) is 0 Å². The summed E-state index contributed by atoms with van der Waals surface area (Å²) in [4.78, 5) is 14.6. The van der Waals surface area contributed by atoms with Gasteiger partial charge in [0.2, 0.25) is 0 Å². The number of nitrogens with zero attached hydrogens (tertiary/aromatic N) is 5. The second-order valence-electron chi connectivity index (χ2n) is 6.69. The van der Waals surface area contributed by atoms with Gasteiger partial charge in [0.15, 0.2) is 5.82 Å². The molecule has 1 fully saturated rings. The maximum Gasteiger partial charge on any atom is 0.253 e. The molecule has 2 atom stereocenters. The minimum Gasteiger partial charge on any atom is -0.486 e. The number of hydrogen-bond acceptors (Lipinski definition) is 5. The molecule has 1 aliphatic rings. The van der Waals surface area contributed by atoms with E-state index in [0.29, 0.717) is 29.0 Å². The molecule has 3 rings (SSSR count). The Morgan fingerprint density at radius 2 is 1.88 bits per heavy atom. The second-order valence-corrected chi connectivity index (χ2v) is 6.69. The average molecular weight is 329 g/mol. The van der Waals surface area contributed by atoms with Crippen molar-refractivity contribution in [1.82, 2.24) is 25.1 Å². The van der Waals surface area contributed by atoms with Gasteiger partial charge in [-0.25, -0.2) is 4.68 Å². The zero-order valence-electron chi connectivity index (χ0n) is 14.3. The highest BCUT2D eigenvalue weighted by Gasteiger charge is 2.26. The molecule has 1 amide bonds. The van der Waals surface area contributed by atoms with Gasteiger partial charge in [0.1, 0.15) is 12.4 Å². The van der Waals surface area contributed by atoms with Crippen molar-refractivity contribution >= 4 is 5.91 Å². The van der Waals surface area contributed by atoms with E-state index in [0.717, 1.165) is 13.1 Å². The Hall–Kier alpha value is -2.44. The van der Waals surface area contributed by atoms with Crippen LogP contribution in [0.25, 0.3) is 0 Å². The summed E-state index contributed by atoms with van der Waals surface area (Å²) in [6, 6.07) is 7.26. The summed E-state index contributed by atoms with van der Waals surface area (Å²) in [5, 5.41) is 11.2.